The predicted molar refractivity (Wildman–Crippen MR) is 67.9 cm³/mol. The second-order valence-corrected chi connectivity index (χ2v) is 6.92. The third-order valence-corrected chi connectivity index (χ3v) is 5.32. The van der Waals surface area contributed by atoms with E-state index in [1.165, 1.54) is 6.20 Å². The normalized spacial score (nSPS) is 11.7. The van der Waals surface area contributed by atoms with Gasteiger partial charge in [0.2, 0.25) is 0 Å². The topological polar surface area (TPSA) is 84.8 Å². The van der Waals surface area contributed by atoms with E-state index >= 15 is 0 Å². The van der Waals surface area contributed by atoms with Gasteiger partial charge in [0.1, 0.15) is 0 Å². The minimum atomic E-state index is -3.61. The van der Waals surface area contributed by atoms with Gasteiger partial charge in [0.15, 0.2) is 8.68 Å². The largest absolute Gasteiger partial charge is 0.252 e. The van der Waals surface area contributed by atoms with Crippen molar-refractivity contribution in [3.8, 4) is 0 Å². The first-order valence-corrected chi connectivity index (χ1v) is 7.56. The van der Waals surface area contributed by atoms with Gasteiger partial charge in [0.05, 0.1) is 17.9 Å². The maximum atomic E-state index is 12.0. The summed E-state index contributed by atoms with van der Waals surface area (Å²) in [5, 5.41) is 7.45. The summed E-state index contributed by atoms with van der Waals surface area (Å²) in [7, 11) is -3.61. The molecule has 0 atom stereocenters. The molecule has 0 bridgehead atoms. The van der Waals surface area contributed by atoms with Crippen molar-refractivity contribution in [1.82, 2.24) is 19.9 Å². The fourth-order valence-corrected chi connectivity index (χ4v) is 4.04. The summed E-state index contributed by atoms with van der Waals surface area (Å²) in [5.74, 6) is 0. The van der Waals surface area contributed by atoms with Crippen LogP contribution in [0.5, 0.6) is 0 Å². The minimum absolute atomic E-state index is 0.0745. The number of hydrogen-bond acceptors (Lipinski definition) is 6. The molecule has 0 aliphatic carbocycles. The fraction of sp³-hybridized carbons (Fsp3) is 0.222. The smallest absolute Gasteiger partial charge is 0.229 e. The molecule has 18 heavy (non-hydrogen) atoms. The SMILES string of the molecule is Cc1nc(Cl)sc1S(=O)(=O)NCc1cccnn1. The Balaban J connectivity index is 2.16. The number of nitrogens with one attached hydrogen (secondary N) is 1. The highest BCUT2D eigenvalue weighted by atomic mass is 35.5. The van der Waals surface area contributed by atoms with Crippen LogP contribution in [0, 0.1) is 6.92 Å². The molecular formula is C9H9ClN4O2S2. The molecule has 0 aliphatic heterocycles. The van der Waals surface area contributed by atoms with Crippen LogP contribution in [0.1, 0.15) is 11.4 Å². The standard InChI is InChI=1S/C9H9ClN4O2S2/c1-6-8(17-9(10)13-6)18(15,16)12-5-7-3-2-4-11-14-7/h2-4,12H,5H2,1H3. The molecular weight excluding hydrogens is 296 g/mol. The van der Waals surface area contributed by atoms with Crippen molar-refractivity contribution in [1.29, 1.82) is 0 Å². The maximum Gasteiger partial charge on any atom is 0.252 e. The Hall–Kier alpha value is -1.09. The molecule has 2 rings (SSSR count). The molecule has 1 N–H and O–H groups in total. The Bertz CT molecular complexity index is 642. The Morgan fingerprint density at radius 3 is 2.83 bits per heavy atom. The zero-order valence-corrected chi connectivity index (χ0v) is 11.7. The molecule has 2 aromatic rings. The lowest BCUT2D eigenvalue weighted by Gasteiger charge is -2.03. The monoisotopic (exact) mass is 304 g/mol. The Morgan fingerprint density at radius 2 is 2.28 bits per heavy atom. The third-order valence-electron chi connectivity index (χ3n) is 2.04. The summed E-state index contributed by atoms with van der Waals surface area (Å²) in [5.41, 5.74) is 0.922. The molecule has 0 aromatic carbocycles. The second-order valence-electron chi connectivity index (χ2n) is 3.38. The van der Waals surface area contributed by atoms with Gasteiger partial charge in [-0.3, -0.25) is 0 Å². The summed E-state index contributed by atoms with van der Waals surface area (Å²) in [6.45, 7) is 1.67. The first-order chi connectivity index (χ1) is 8.49. The van der Waals surface area contributed by atoms with E-state index in [1.807, 2.05) is 0 Å². The number of hydrogen-bond donors (Lipinski definition) is 1. The first-order valence-electron chi connectivity index (χ1n) is 4.88. The van der Waals surface area contributed by atoms with E-state index in [0.717, 1.165) is 11.3 Å². The van der Waals surface area contributed by atoms with Gasteiger partial charge < -0.3 is 0 Å². The van der Waals surface area contributed by atoms with Gasteiger partial charge in [0, 0.05) is 6.20 Å². The van der Waals surface area contributed by atoms with Crippen molar-refractivity contribution >= 4 is 33.0 Å². The molecule has 0 spiro atoms. The molecule has 0 aliphatic rings. The highest BCUT2D eigenvalue weighted by Crippen LogP contribution is 2.26. The highest BCUT2D eigenvalue weighted by molar-refractivity contribution is 7.91. The van der Waals surface area contributed by atoms with Gasteiger partial charge in [-0.25, -0.2) is 18.1 Å². The lowest BCUT2D eigenvalue weighted by Crippen LogP contribution is -2.23. The van der Waals surface area contributed by atoms with E-state index in [2.05, 4.69) is 19.9 Å². The molecule has 9 heteroatoms. The molecule has 0 saturated heterocycles. The Kier molecular flexibility index (Phi) is 3.91. The summed E-state index contributed by atoms with van der Waals surface area (Å²) in [4.78, 5) is 3.87. The lowest BCUT2D eigenvalue weighted by molar-refractivity contribution is 0.581. The van der Waals surface area contributed by atoms with Crippen LogP contribution in [-0.4, -0.2) is 23.6 Å². The molecule has 2 aromatic heterocycles. The second kappa shape index (κ2) is 5.27. The van der Waals surface area contributed by atoms with E-state index in [4.69, 9.17) is 11.6 Å². The molecule has 2 heterocycles. The molecule has 0 saturated carbocycles. The minimum Gasteiger partial charge on any atom is -0.229 e. The van der Waals surface area contributed by atoms with Crippen molar-refractivity contribution in [2.75, 3.05) is 0 Å². The summed E-state index contributed by atoms with van der Waals surface area (Å²) in [6, 6.07) is 3.37. The van der Waals surface area contributed by atoms with E-state index in [0.29, 0.717) is 11.4 Å². The average molecular weight is 305 g/mol. The molecule has 0 radical (unpaired) electrons. The van der Waals surface area contributed by atoms with Crippen LogP contribution in [0.15, 0.2) is 22.5 Å². The lowest BCUT2D eigenvalue weighted by atomic mass is 10.4. The van der Waals surface area contributed by atoms with Gasteiger partial charge in [0.25, 0.3) is 10.0 Å². The molecule has 0 fully saturated rings. The van der Waals surface area contributed by atoms with E-state index in [1.54, 1.807) is 19.1 Å². The van der Waals surface area contributed by atoms with Crippen LogP contribution in [0.2, 0.25) is 4.47 Å². The summed E-state index contributed by atoms with van der Waals surface area (Å²) in [6.07, 6.45) is 1.52. The van der Waals surface area contributed by atoms with Crippen molar-refractivity contribution in [3.05, 3.63) is 34.2 Å². The molecule has 6 nitrogen and oxygen atoms in total. The molecule has 0 amide bonds. The fourth-order valence-electron chi connectivity index (χ4n) is 1.26. The van der Waals surface area contributed by atoms with E-state index in [9.17, 15) is 8.42 Å². The van der Waals surface area contributed by atoms with Crippen LogP contribution in [0.25, 0.3) is 0 Å². The zero-order valence-electron chi connectivity index (χ0n) is 9.29. The highest BCUT2D eigenvalue weighted by Gasteiger charge is 2.21. The maximum absolute atomic E-state index is 12.0. The van der Waals surface area contributed by atoms with Crippen LogP contribution in [-0.2, 0) is 16.6 Å². The number of sulfonamides is 1. The van der Waals surface area contributed by atoms with Gasteiger partial charge in [-0.15, -0.1) is 0 Å². The van der Waals surface area contributed by atoms with Gasteiger partial charge in [-0.2, -0.15) is 10.2 Å². The van der Waals surface area contributed by atoms with Crippen LogP contribution in [0.4, 0.5) is 0 Å². The number of thiazole rings is 1. The van der Waals surface area contributed by atoms with Gasteiger partial charge in [-0.05, 0) is 19.1 Å². The zero-order chi connectivity index (χ0) is 13.2. The quantitative estimate of drug-likeness (QED) is 0.922. The average Bonchev–Trinajstić information content (AvgIpc) is 2.68. The summed E-state index contributed by atoms with van der Waals surface area (Å²) >= 11 is 6.61. The number of rotatable bonds is 4. The predicted octanol–water partition coefficient (Wildman–Crippen LogP) is 1.37. The number of aryl methyl sites for hydroxylation is 1. The van der Waals surface area contributed by atoms with Crippen molar-refractivity contribution < 1.29 is 8.42 Å². The van der Waals surface area contributed by atoms with E-state index < -0.39 is 10.0 Å². The van der Waals surface area contributed by atoms with E-state index in [-0.39, 0.29) is 15.2 Å². The number of aromatic nitrogens is 3. The number of nitrogens with zero attached hydrogens (tertiary/aromatic N) is 3. The Labute approximate surface area is 113 Å². The van der Waals surface area contributed by atoms with Crippen molar-refractivity contribution in [2.45, 2.75) is 17.7 Å². The van der Waals surface area contributed by atoms with Crippen LogP contribution in [0.3, 0.4) is 0 Å². The van der Waals surface area contributed by atoms with Gasteiger partial charge in [-0.1, -0.05) is 22.9 Å². The molecule has 0 unspecified atom stereocenters. The Morgan fingerprint density at radius 1 is 1.50 bits per heavy atom. The number of halogens is 1. The van der Waals surface area contributed by atoms with Gasteiger partial charge >= 0.3 is 0 Å². The van der Waals surface area contributed by atoms with Crippen LogP contribution < -0.4 is 4.72 Å². The first kappa shape index (κ1) is 13.3. The van der Waals surface area contributed by atoms with Crippen molar-refractivity contribution in [3.63, 3.8) is 0 Å². The van der Waals surface area contributed by atoms with Crippen molar-refractivity contribution in [2.24, 2.45) is 0 Å². The molecule has 96 valence electrons. The third kappa shape index (κ3) is 3.02. The van der Waals surface area contributed by atoms with Crippen LogP contribution >= 0.6 is 22.9 Å². The summed E-state index contributed by atoms with van der Waals surface area (Å²) < 4.78 is 26.7.